The van der Waals surface area contributed by atoms with Crippen LogP contribution in [0.2, 0.25) is 0 Å². The van der Waals surface area contributed by atoms with Crippen molar-refractivity contribution in [2.45, 2.75) is 13.5 Å². The van der Waals surface area contributed by atoms with Crippen molar-refractivity contribution >= 4 is 16.9 Å². The molecule has 0 aliphatic rings. The summed E-state index contributed by atoms with van der Waals surface area (Å²) in [6.07, 6.45) is 0. The maximum atomic E-state index is 11.6. The van der Waals surface area contributed by atoms with Crippen molar-refractivity contribution in [1.29, 1.82) is 0 Å². The van der Waals surface area contributed by atoms with Gasteiger partial charge in [0.1, 0.15) is 11.3 Å². The highest BCUT2D eigenvalue weighted by atomic mass is 16.5. The molecule has 2 rings (SSSR count). The molecule has 0 unspecified atom stereocenters. The van der Waals surface area contributed by atoms with E-state index >= 15 is 0 Å². The largest absolute Gasteiger partial charge is 0.497 e. The van der Waals surface area contributed by atoms with Crippen molar-refractivity contribution in [2.75, 3.05) is 20.2 Å². The molecule has 0 aliphatic heterocycles. The van der Waals surface area contributed by atoms with Gasteiger partial charge in [0.05, 0.1) is 7.11 Å². The molecule has 21 heavy (non-hydrogen) atoms. The van der Waals surface area contributed by atoms with E-state index in [0.29, 0.717) is 31.0 Å². The van der Waals surface area contributed by atoms with E-state index < -0.39 is 5.63 Å². The molecule has 6 nitrogen and oxygen atoms in total. The molecule has 0 saturated heterocycles. The van der Waals surface area contributed by atoms with Crippen LogP contribution in [0.3, 0.4) is 0 Å². The molecule has 1 amide bonds. The van der Waals surface area contributed by atoms with Gasteiger partial charge in [0.25, 0.3) is 0 Å². The Morgan fingerprint density at radius 3 is 2.81 bits per heavy atom. The Kier molecular flexibility index (Phi) is 4.94. The van der Waals surface area contributed by atoms with E-state index in [1.54, 1.807) is 13.2 Å². The molecule has 0 aliphatic carbocycles. The van der Waals surface area contributed by atoms with E-state index in [1.807, 2.05) is 12.1 Å². The zero-order valence-corrected chi connectivity index (χ0v) is 12.1. The Hall–Kier alpha value is -2.34. The molecule has 0 saturated carbocycles. The average molecular weight is 290 g/mol. The summed E-state index contributed by atoms with van der Waals surface area (Å²) in [4.78, 5) is 22.3. The lowest BCUT2D eigenvalue weighted by molar-refractivity contribution is -0.118. The number of nitrogens with one attached hydrogen (secondary N) is 2. The lowest BCUT2D eigenvalue weighted by Crippen LogP contribution is -2.30. The average Bonchev–Trinajstić information content (AvgIpc) is 2.45. The second-order valence-electron chi connectivity index (χ2n) is 4.61. The molecule has 2 N–H and O–H groups in total. The number of carbonyl (C=O) groups is 1. The first-order valence-electron chi connectivity index (χ1n) is 6.66. The van der Waals surface area contributed by atoms with Crippen molar-refractivity contribution in [3.05, 3.63) is 40.2 Å². The summed E-state index contributed by atoms with van der Waals surface area (Å²) in [6.45, 7) is 3.16. The number of ether oxygens (including phenoxy) is 1. The fourth-order valence-corrected chi connectivity index (χ4v) is 2.03. The van der Waals surface area contributed by atoms with Crippen LogP contribution in [-0.2, 0) is 11.3 Å². The number of rotatable bonds is 6. The lowest BCUT2D eigenvalue weighted by Gasteiger charge is -2.08. The van der Waals surface area contributed by atoms with E-state index in [2.05, 4.69) is 10.6 Å². The Labute approximate surface area is 122 Å². The highest BCUT2D eigenvalue weighted by Gasteiger charge is 2.06. The molecule has 1 aromatic carbocycles. The van der Waals surface area contributed by atoms with E-state index in [9.17, 15) is 9.59 Å². The van der Waals surface area contributed by atoms with Gasteiger partial charge in [-0.25, -0.2) is 4.79 Å². The van der Waals surface area contributed by atoms with Gasteiger partial charge in [0.2, 0.25) is 5.91 Å². The van der Waals surface area contributed by atoms with Gasteiger partial charge in [-0.2, -0.15) is 0 Å². The Balaban J connectivity index is 2.12. The van der Waals surface area contributed by atoms with Gasteiger partial charge in [0, 0.05) is 44.1 Å². The molecule has 0 radical (unpaired) electrons. The number of benzene rings is 1. The number of amides is 1. The fourth-order valence-electron chi connectivity index (χ4n) is 2.03. The molecular weight excluding hydrogens is 272 g/mol. The third-order valence-corrected chi connectivity index (χ3v) is 3.03. The van der Waals surface area contributed by atoms with Gasteiger partial charge >= 0.3 is 5.63 Å². The molecule has 112 valence electrons. The van der Waals surface area contributed by atoms with Gasteiger partial charge < -0.3 is 19.8 Å². The topological polar surface area (TPSA) is 80.6 Å². The predicted molar refractivity (Wildman–Crippen MR) is 79.4 cm³/mol. The number of fused-ring (bicyclic) bond motifs is 1. The summed E-state index contributed by atoms with van der Waals surface area (Å²) in [5, 5.41) is 6.74. The summed E-state index contributed by atoms with van der Waals surface area (Å²) < 4.78 is 10.3. The van der Waals surface area contributed by atoms with Crippen LogP contribution in [-0.4, -0.2) is 26.1 Å². The minimum Gasteiger partial charge on any atom is -0.497 e. The van der Waals surface area contributed by atoms with Crippen LogP contribution in [0.15, 0.2) is 33.5 Å². The van der Waals surface area contributed by atoms with Crippen LogP contribution in [0.4, 0.5) is 0 Å². The number of carbonyl (C=O) groups excluding carboxylic acids is 1. The molecule has 1 heterocycles. The second kappa shape index (κ2) is 6.90. The Morgan fingerprint density at radius 1 is 1.29 bits per heavy atom. The highest BCUT2D eigenvalue weighted by molar-refractivity contribution is 5.81. The molecule has 6 heteroatoms. The van der Waals surface area contributed by atoms with Gasteiger partial charge in [-0.1, -0.05) is 0 Å². The smallest absolute Gasteiger partial charge is 0.336 e. The molecule has 0 bridgehead atoms. The third kappa shape index (κ3) is 4.06. The van der Waals surface area contributed by atoms with E-state index in [4.69, 9.17) is 9.15 Å². The van der Waals surface area contributed by atoms with Crippen LogP contribution >= 0.6 is 0 Å². The summed E-state index contributed by atoms with van der Waals surface area (Å²) in [7, 11) is 1.56. The third-order valence-electron chi connectivity index (χ3n) is 3.03. The van der Waals surface area contributed by atoms with Crippen LogP contribution in [0.1, 0.15) is 12.5 Å². The molecule has 0 spiro atoms. The van der Waals surface area contributed by atoms with Gasteiger partial charge in [0.15, 0.2) is 0 Å². The second-order valence-corrected chi connectivity index (χ2v) is 4.61. The quantitative estimate of drug-likeness (QED) is 0.613. The van der Waals surface area contributed by atoms with Crippen LogP contribution < -0.4 is 21.0 Å². The van der Waals surface area contributed by atoms with Gasteiger partial charge in [-0.05, 0) is 17.7 Å². The maximum Gasteiger partial charge on any atom is 0.336 e. The predicted octanol–water partition coefficient (Wildman–Crippen LogP) is 1.03. The molecular formula is C15H18N2O4. The minimum atomic E-state index is -0.394. The first kappa shape index (κ1) is 15.1. The molecule has 1 aromatic heterocycles. The van der Waals surface area contributed by atoms with Crippen molar-refractivity contribution in [3.8, 4) is 5.75 Å². The Morgan fingerprint density at radius 2 is 2.10 bits per heavy atom. The normalized spacial score (nSPS) is 10.6. The van der Waals surface area contributed by atoms with E-state index in [-0.39, 0.29) is 5.91 Å². The van der Waals surface area contributed by atoms with Gasteiger partial charge in [-0.3, -0.25) is 4.79 Å². The lowest BCUT2D eigenvalue weighted by atomic mass is 10.1. The van der Waals surface area contributed by atoms with Crippen molar-refractivity contribution in [2.24, 2.45) is 0 Å². The van der Waals surface area contributed by atoms with Crippen LogP contribution in [0.25, 0.3) is 11.0 Å². The summed E-state index contributed by atoms with van der Waals surface area (Å²) >= 11 is 0. The number of hydrogen-bond acceptors (Lipinski definition) is 5. The minimum absolute atomic E-state index is 0.0605. The zero-order chi connectivity index (χ0) is 15.2. The maximum absolute atomic E-state index is 11.6. The number of hydrogen-bond donors (Lipinski definition) is 2. The van der Waals surface area contributed by atoms with E-state index in [1.165, 1.54) is 13.0 Å². The van der Waals surface area contributed by atoms with Crippen molar-refractivity contribution in [1.82, 2.24) is 10.6 Å². The first-order valence-corrected chi connectivity index (χ1v) is 6.66. The molecule has 0 atom stereocenters. The monoisotopic (exact) mass is 290 g/mol. The molecule has 0 fully saturated rings. The fraction of sp³-hybridized carbons (Fsp3) is 0.333. The van der Waals surface area contributed by atoms with Crippen molar-refractivity contribution in [3.63, 3.8) is 0 Å². The Bertz CT molecular complexity index is 694. The summed E-state index contributed by atoms with van der Waals surface area (Å²) in [5.41, 5.74) is 0.960. The number of methoxy groups -OCH3 is 1. The van der Waals surface area contributed by atoms with Crippen LogP contribution in [0, 0.1) is 0 Å². The SMILES string of the molecule is COc1ccc2c(CNCCNC(C)=O)cc(=O)oc2c1. The van der Waals surface area contributed by atoms with Crippen molar-refractivity contribution < 1.29 is 13.9 Å². The highest BCUT2D eigenvalue weighted by Crippen LogP contribution is 2.22. The summed E-state index contributed by atoms with van der Waals surface area (Å²) in [6, 6.07) is 6.85. The van der Waals surface area contributed by atoms with Crippen LogP contribution in [0.5, 0.6) is 5.75 Å². The standard InChI is InChI=1S/C15H18N2O4/c1-10(18)17-6-5-16-9-11-7-15(19)21-14-8-12(20-2)3-4-13(11)14/h3-4,7-8,16H,5-6,9H2,1-2H3,(H,17,18). The zero-order valence-electron chi connectivity index (χ0n) is 12.1. The summed E-state index contributed by atoms with van der Waals surface area (Å²) in [5.74, 6) is 0.580. The molecule has 2 aromatic rings. The van der Waals surface area contributed by atoms with Gasteiger partial charge in [-0.15, -0.1) is 0 Å². The first-order chi connectivity index (χ1) is 10.1. The van der Waals surface area contributed by atoms with E-state index in [0.717, 1.165) is 10.9 Å².